The molecule has 0 amide bonds. The molecule has 0 heterocycles. The molecule has 0 aliphatic rings. The van der Waals surface area contributed by atoms with E-state index < -0.39 is 27.4 Å². The molecule has 0 unspecified atom stereocenters. The van der Waals surface area contributed by atoms with E-state index in [1.165, 1.54) is 13.8 Å². The van der Waals surface area contributed by atoms with Crippen molar-refractivity contribution in [1.82, 2.24) is 0 Å². The summed E-state index contributed by atoms with van der Waals surface area (Å²) in [4.78, 5) is 10.7. The molecule has 14 heavy (non-hydrogen) atoms. The first-order valence-corrected chi connectivity index (χ1v) is 5.08. The Bertz CT molecular complexity index is 306. The van der Waals surface area contributed by atoms with Crippen molar-refractivity contribution < 1.29 is 22.5 Å². The number of hydrogen-bond donors (Lipinski definition) is 1. The van der Waals surface area contributed by atoms with Gasteiger partial charge >= 0.3 is 5.97 Å². The number of carbonyl (C=O) groups is 1. The van der Waals surface area contributed by atoms with Crippen LogP contribution in [0.2, 0.25) is 0 Å². The molecular formula is C7H12NaO5S. The molecule has 0 rings (SSSR count). The second-order valence-corrected chi connectivity index (χ2v) is 4.56. The summed E-state index contributed by atoms with van der Waals surface area (Å²) >= 11 is 0. The molecule has 0 aromatic rings. The number of esters is 1. The molecule has 0 spiro atoms. The average Bonchev–Trinajstić information content (AvgIpc) is 1.80. The van der Waals surface area contributed by atoms with Crippen molar-refractivity contribution in [2.24, 2.45) is 0 Å². The molecule has 7 heteroatoms. The minimum Gasteiger partial charge on any atom is -0.455 e. The average molecular weight is 231 g/mol. The van der Waals surface area contributed by atoms with Gasteiger partial charge in [0.15, 0.2) is 0 Å². The van der Waals surface area contributed by atoms with Crippen LogP contribution in [0, 0.1) is 0 Å². The van der Waals surface area contributed by atoms with E-state index in [1.54, 1.807) is 0 Å². The Labute approximate surface area is 106 Å². The van der Waals surface area contributed by atoms with Crippen molar-refractivity contribution >= 4 is 45.6 Å². The molecule has 1 radical (unpaired) electrons. The van der Waals surface area contributed by atoms with Crippen LogP contribution in [0.5, 0.6) is 0 Å². The predicted octanol–water partition coefficient (Wildman–Crippen LogP) is 0.00120. The first-order chi connectivity index (χ1) is 5.66. The number of ether oxygens (including phenoxy) is 1. The predicted molar refractivity (Wildman–Crippen MR) is 52.5 cm³/mol. The van der Waals surface area contributed by atoms with Crippen molar-refractivity contribution in [2.45, 2.75) is 19.4 Å². The van der Waals surface area contributed by atoms with Crippen molar-refractivity contribution in [3.05, 3.63) is 12.7 Å². The molecule has 0 aliphatic heterocycles. The van der Waals surface area contributed by atoms with Crippen LogP contribution < -0.4 is 0 Å². The van der Waals surface area contributed by atoms with E-state index >= 15 is 0 Å². The Hall–Kier alpha value is 0.120. The van der Waals surface area contributed by atoms with Gasteiger partial charge in [0.2, 0.25) is 0 Å². The van der Waals surface area contributed by atoms with Crippen molar-refractivity contribution in [3.63, 3.8) is 0 Å². The van der Waals surface area contributed by atoms with Gasteiger partial charge in [0.1, 0.15) is 11.4 Å². The largest absolute Gasteiger partial charge is 0.455 e. The zero-order valence-electron chi connectivity index (χ0n) is 8.48. The zero-order valence-corrected chi connectivity index (χ0v) is 11.3. The maximum Gasteiger partial charge on any atom is 0.330 e. The molecule has 77 valence electrons. The first kappa shape index (κ1) is 16.5. The summed E-state index contributed by atoms with van der Waals surface area (Å²) in [5.74, 6) is -1.37. The van der Waals surface area contributed by atoms with E-state index in [9.17, 15) is 13.2 Å². The summed E-state index contributed by atoms with van der Waals surface area (Å²) in [5, 5.41) is 0. The van der Waals surface area contributed by atoms with Crippen LogP contribution in [0.15, 0.2) is 12.7 Å². The maximum atomic E-state index is 10.7. The van der Waals surface area contributed by atoms with Crippen LogP contribution >= 0.6 is 0 Å². The Kier molecular flexibility index (Phi) is 6.94. The molecular weight excluding hydrogens is 219 g/mol. The van der Waals surface area contributed by atoms with Crippen LogP contribution in [0.25, 0.3) is 0 Å². The Morgan fingerprint density at radius 2 is 2.00 bits per heavy atom. The van der Waals surface area contributed by atoms with Crippen LogP contribution in [-0.2, 0) is 19.6 Å². The van der Waals surface area contributed by atoms with E-state index in [0.717, 1.165) is 6.08 Å². The van der Waals surface area contributed by atoms with Crippen molar-refractivity contribution in [3.8, 4) is 0 Å². The fourth-order valence-corrected chi connectivity index (χ4v) is 1.72. The maximum absolute atomic E-state index is 10.7. The Morgan fingerprint density at radius 1 is 1.57 bits per heavy atom. The van der Waals surface area contributed by atoms with Gasteiger partial charge in [0.25, 0.3) is 10.1 Å². The molecule has 0 aromatic carbocycles. The second-order valence-electron chi connectivity index (χ2n) is 3.11. The summed E-state index contributed by atoms with van der Waals surface area (Å²) in [6.45, 7) is 5.91. The van der Waals surface area contributed by atoms with E-state index in [0.29, 0.717) is 0 Å². The summed E-state index contributed by atoms with van der Waals surface area (Å²) in [6, 6.07) is 0. The zero-order chi connectivity index (χ0) is 10.7. The topological polar surface area (TPSA) is 80.7 Å². The molecule has 0 atom stereocenters. The van der Waals surface area contributed by atoms with Gasteiger partial charge in [0, 0.05) is 35.6 Å². The van der Waals surface area contributed by atoms with Gasteiger partial charge in [0.05, 0.1) is 0 Å². The molecule has 0 fully saturated rings. The van der Waals surface area contributed by atoms with Gasteiger partial charge < -0.3 is 4.74 Å². The third kappa shape index (κ3) is 8.71. The molecule has 0 saturated carbocycles. The van der Waals surface area contributed by atoms with E-state index in [2.05, 4.69) is 11.3 Å². The van der Waals surface area contributed by atoms with Crippen LogP contribution in [-0.4, -0.2) is 59.9 Å². The number of hydrogen-bond acceptors (Lipinski definition) is 4. The minimum atomic E-state index is -4.15. The third-order valence-corrected chi connectivity index (χ3v) is 2.13. The van der Waals surface area contributed by atoms with Gasteiger partial charge in [-0.15, -0.1) is 0 Å². The minimum absolute atomic E-state index is 0. The van der Waals surface area contributed by atoms with Crippen molar-refractivity contribution in [2.75, 3.05) is 5.75 Å². The molecule has 1 N–H and O–H groups in total. The summed E-state index contributed by atoms with van der Waals surface area (Å²) in [7, 11) is -4.15. The summed E-state index contributed by atoms with van der Waals surface area (Å²) in [6.07, 6.45) is 0.922. The van der Waals surface area contributed by atoms with Gasteiger partial charge in [-0.25, -0.2) is 4.79 Å². The summed E-state index contributed by atoms with van der Waals surface area (Å²) in [5.41, 5.74) is -1.25. The summed E-state index contributed by atoms with van der Waals surface area (Å²) < 4.78 is 34.1. The number of carbonyl (C=O) groups excluding carboxylic acids is 1. The molecule has 0 bridgehead atoms. The third-order valence-electron chi connectivity index (χ3n) is 1.07. The Balaban J connectivity index is 0. The van der Waals surface area contributed by atoms with Gasteiger partial charge in [-0.1, -0.05) is 6.58 Å². The van der Waals surface area contributed by atoms with E-state index in [1.807, 2.05) is 0 Å². The number of rotatable bonds is 4. The molecule has 0 aliphatic carbocycles. The quantitative estimate of drug-likeness (QED) is 0.319. The van der Waals surface area contributed by atoms with Crippen LogP contribution in [0.1, 0.15) is 13.8 Å². The normalized spacial score (nSPS) is 11.4. The van der Waals surface area contributed by atoms with Gasteiger partial charge in [-0.05, 0) is 13.8 Å². The molecule has 0 saturated heterocycles. The van der Waals surface area contributed by atoms with E-state index in [-0.39, 0.29) is 29.6 Å². The van der Waals surface area contributed by atoms with Crippen molar-refractivity contribution in [1.29, 1.82) is 0 Å². The fraction of sp³-hybridized carbons (Fsp3) is 0.571. The second kappa shape index (κ2) is 5.87. The van der Waals surface area contributed by atoms with Crippen LogP contribution in [0.3, 0.4) is 0 Å². The van der Waals surface area contributed by atoms with Gasteiger partial charge in [-0.3, -0.25) is 4.55 Å². The monoisotopic (exact) mass is 231 g/mol. The Morgan fingerprint density at radius 3 is 2.29 bits per heavy atom. The molecule has 0 aromatic heterocycles. The van der Waals surface area contributed by atoms with Gasteiger partial charge in [-0.2, -0.15) is 8.42 Å². The first-order valence-electron chi connectivity index (χ1n) is 3.47. The smallest absolute Gasteiger partial charge is 0.330 e. The molecule has 5 nitrogen and oxygen atoms in total. The SMILES string of the molecule is C=CC(=O)OC(C)(C)CS(=O)(=O)O.[Na]. The fourth-order valence-electron chi connectivity index (χ4n) is 0.783. The standard InChI is InChI=1S/C7H12O5S.Na/c1-4-6(8)12-7(2,3)5-13(9,10)11;/h4H,1,5H2,2-3H3,(H,9,10,11);. The van der Waals surface area contributed by atoms with E-state index in [4.69, 9.17) is 4.55 Å². The van der Waals surface area contributed by atoms with Crippen LogP contribution in [0.4, 0.5) is 0 Å².